The van der Waals surface area contributed by atoms with Gasteiger partial charge in [-0.1, -0.05) is 18.2 Å². The van der Waals surface area contributed by atoms with E-state index in [2.05, 4.69) is 4.98 Å². The molecule has 0 radical (unpaired) electrons. The molecule has 1 saturated heterocycles. The van der Waals surface area contributed by atoms with Gasteiger partial charge in [-0.05, 0) is 53.6 Å². The van der Waals surface area contributed by atoms with Crippen LogP contribution in [0.2, 0.25) is 0 Å². The van der Waals surface area contributed by atoms with Crippen LogP contribution >= 0.6 is 0 Å². The third-order valence-corrected chi connectivity index (χ3v) is 5.74. The lowest BCUT2D eigenvalue weighted by atomic mass is 9.97. The Morgan fingerprint density at radius 1 is 1.12 bits per heavy atom. The van der Waals surface area contributed by atoms with Crippen LogP contribution < -0.4 is 4.74 Å². The van der Waals surface area contributed by atoms with Gasteiger partial charge < -0.3 is 14.7 Å². The van der Waals surface area contributed by atoms with Crippen molar-refractivity contribution in [3.8, 4) is 5.75 Å². The van der Waals surface area contributed by atoms with Gasteiger partial charge in [0.2, 0.25) is 0 Å². The number of fused-ring (bicyclic) bond motifs is 1. The fourth-order valence-corrected chi connectivity index (χ4v) is 4.16. The lowest BCUT2D eigenvalue weighted by molar-refractivity contribution is -0.140. The first kappa shape index (κ1) is 19.9. The highest BCUT2D eigenvalue weighted by atomic mass is 19.1. The molecule has 1 unspecified atom stereocenters. The number of aromatic nitrogens is 1. The number of amides is 1. The number of carbonyl (C=O) groups is 2. The first-order valence-electron chi connectivity index (χ1n) is 10.2. The Morgan fingerprint density at radius 2 is 1.94 bits per heavy atom. The molecule has 3 heterocycles. The summed E-state index contributed by atoms with van der Waals surface area (Å²) in [5.74, 6) is -1.42. The van der Waals surface area contributed by atoms with E-state index in [1.807, 2.05) is 0 Å². The van der Waals surface area contributed by atoms with Crippen LogP contribution in [0.4, 0.5) is 4.39 Å². The molecule has 0 saturated carbocycles. The Hall–Kier alpha value is -4.00. The molecule has 1 atom stereocenters. The van der Waals surface area contributed by atoms with Crippen LogP contribution in [0, 0.1) is 5.82 Å². The van der Waals surface area contributed by atoms with Crippen LogP contribution in [0.3, 0.4) is 0 Å². The number of aliphatic hydroxyl groups excluding tert-OH is 1. The number of nitrogens with zero attached hydrogens (tertiary/aromatic N) is 2. The molecular weight excluding hydrogens is 411 g/mol. The zero-order valence-corrected chi connectivity index (χ0v) is 17.0. The second-order valence-corrected chi connectivity index (χ2v) is 7.73. The Morgan fingerprint density at radius 3 is 2.69 bits per heavy atom. The Labute approximate surface area is 183 Å². The van der Waals surface area contributed by atoms with Crippen molar-refractivity contribution in [2.45, 2.75) is 19.0 Å². The molecule has 0 aliphatic carbocycles. The number of benzene rings is 2. The number of halogens is 1. The zero-order chi connectivity index (χ0) is 22.2. The van der Waals surface area contributed by atoms with E-state index in [4.69, 9.17) is 4.74 Å². The number of ether oxygens (including phenoxy) is 1. The lowest BCUT2D eigenvalue weighted by Crippen LogP contribution is -2.29. The van der Waals surface area contributed by atoms with E-state index < -0.39 is 23.5 Å². The number of rotatable bonds is 4. The molecule has 2 aromatic carbocycles. The highest BCUT2D eigenvalue weighted by Crippen LogP contribution is 2.40. The molecule has 7 heteroatoms. The number of hydrogen-bond acceptors (Lipinski definition) is 5. The van der Waals surface area contributed by atoms with Crippen molar-refractivity contribution in [1.82, 2.24) is 9.88 Å². The topological polar surface area (TPSA) is 79.7 Å². The van der Waals surface area contributed by atoms with E-state index in [9.17, 15) is 19.1 Å². The van der Waals surface area contributed by atoms with Crippen LogP contribution in [0.15, 0.2) is 72.4 Å². The summed E-state index contributed by atoms with van der Waals surface area (Å²) in [5, 5.41) is 11.2. The monoisotopic (exact) mass is 430 g/mol. The summed E-state index contributed by atoms with van der Waals surface area (Å²) < 4.78 is 18.9. The van der Waals surface area contributed by atoms with Crippen molar-refractivity contribution < 1.29 is 23.8 Å². The van der Waals surface area contributed by atoms with Crippen LogP contribution in [0.1, 0.15) is 28.4 Å². The lowest BCUT2D eigenvalue weighted by Gasteiger charge is -2.24. The molecule has 2 aliphatic heterocycles. The smallest absolute Gasteiger partial charge is 0.296 e. The molecule has 1 fully saturated rings. The maximum atomic E-state index is 13.3. The summed E-state index contributed by atoms with van der Waals surface area (Å²) in [7, 11) is 0. The molecular formula is C25H19FN2O4. The molecule has 0 bridgehead atoms. The Bertz CT molecular complexity index is 1240. The van der Waals surface area contributed by atoms with E-state index in [0.29, 0.717) is 29.8 Å². The predicted octanol–water partition coefficient (Wildman–Crippen LogP) is 3.78. The van der Waals surface area contributed by atoms with Gasteiger partial charge in [0, 0.05) is 24.7 Å². The number of Topliss-reactive ketones (excluding diaryl/α,β-unsaturated/α-hetero) is 1. The second-order valence-electron chi connectivity index (χ2n) is 7.73. The summed E-state index contributed by atoms with van der Waals surface area (Å²) >= 11 is 0. The van der Waals surface area contributed by atoms with Gasteiger partial charge >= 0.3 is 0 Å². The number of hydrogen-bond donors (Lipinski definition) is 1. The summed E-state index contributed by atoms with van der Waals surface area (Å²) in [6.07, 6.45) is 2.28. The van der Waals surface area contributed by atoms with Crippen LogP contribution in [-0.4, -0.2) is 33.3 Å². The first-order chi connectivity index (χ1) is 15.5. The molecule has 3 aromatic rings. The van der Waals surface area contributed by atoms with Crippen molar-refractivity contribution in [2.75, 3.05) is 6.61 Å². The van der Waals surface area contributed by atoms with Crippen LogP contribution in [0.25, 0.3) is 5.76 Å². The number of pyridine rings is 1. The van der Waals surface area contributed by atoms with E-state index in [-0.39, 0.29) is 17.9 Å². The summed E-state index contributed by atoms with van der Waals surface area (Å²) in [5.41, 5.74) is 2.47. The third-order valence-electron chi connectivity index (χ3n) is 5.74. The van der Waals surface area contributed by atoms with Gasteiger partial charge in [0.05, 0.1) is 17.9 Å². The minimum Gasteiger partial charge on any atom is -0.507 e. The molecule has 1 aromatic heterocycles. The van der Waals surface area contributed by atoms with Gasteiger partial charge in [0.15, 0.2) is 0 Å². The molecule has 32 heavy (non-hydrogen) atoms. The van der Waals surface area contributed by atoms with Crippen LogP contribution in [0.5, 0.6) is 5.75 Å². The number of ketones is 1. The van der Waals surface area contributed by atoms with Gasteiger partial charge in [-0.15, -0.1) is 0 Å². The van der Waals surface area contributed by atoms with Gasteiger partial charge in [-0.3, -0.25) is 14.6 Å². The maximum Gasteiger partial charge on any atom is 0.296 e. The molecule has 0 spiro atoms. The van der Waals surface area contributed by atoms with E-state index in [0.717, 1.165) is 11.3 Å². The molecule has 1 N–H and O–H groups in total. The van der Waals surface area contributed by atoms with Gasteiger partial charge in [-0.25, -0.2) is 4.39 Å². The van der Waals surface area contributed by atoms with Gasteiger partial charge in [-0.2, -0.15) is 0 Å². The first-order valence-corrected chi connectivity index (χ1v) is 10.2. The number of likely N-dealkylation sites (tertiary alicyclic amines) is 1. The second kappa shape index (κ2) is 7.92. The molecule has 2 aliphatic rings. The van der Waals surface area contributed by atoms with Crippen LogP contribution in [-0.2, 0) is 22.6 Å². The summed E-state index contributed by atoms with van der Waals surface area (Å²) in [6.45, 7) is 0.635. The molecule has 6 nitrogen and oxygen atoms in total. The highest BCUT2D eigenvalue weighted by Gasteiger charge is 2.46. The fourth-order valence-electron chi connectivity index (χ4n) is 4.16. The number of aliphatic hydroxyl groups is 1. The average molecular weight is 430 g/mol. The standard InChI is InChI=1S/C25H19FN2O4/c26-18-7-4-15(5-8-18)14-28-22(19-3-1-2-11-27-19)21(24(30)25(28)31)23(29)17-6-9-20-16(13-17)10-12-32-20/h1-9,11,13,22,29H,10,12,14H2/b23-21-. The average Bonchev–Trinajstić information content (AvgIpc) is 3.38. The molecule has 5 rings (SSSR count). The molecule has 160 valence electrons. The van der Waals surface area contributed by atoms with Crippen molar-refractivity contribution in [2.24, 2.45) is 0 Å². The summed E-state index contributed by atoms with van der Waals surface area (Å²) in [6, 6.07) is 15.2. The Balaban J connectivity index is 1.62. The minimum atomic E-state index is -0.870. The molecule has 1 amide bonds. The predicted molar refractivity (Wildman–Crippen MR) is 114 cm³/mol. The largest absolute Gasteiger partial charge is 0.507 e. The van der Waals surface area contributed by atoms with Crippen molar-refractivity contribution in [1.29, 1.82) is 0 Å². The maximum absolute atomic E-state index is 13.3. The normalized spacial score (nSPS) is 19.2. The highest BCUT2D eigenvalue weighted by molar-refractivity contribution is 6.46. The van der Waals surface area contributed by atoms with Gasteiger partial charge in [0.1, 0.15) is 23.4 Å². The summed E-state index contributed by atoms with van der Waals surface area (Å²) in [4.78, 5) is 31.8. The zero-order valence-electron chi connectivity index (χ0n) is 17.0. The third kappa shape index (κ3) is 3.41. The van der Waals surface area contributed by atoms with Gasteiger partial charge in [0.25, 0.3) is 11.7 Å². The number of carbonyl (C=O) groups excluding carboxylic acids is 2. The minimum absolute atomic E-state index is 0.0188. The Kier molecular flexibility index (Phi) is 4.93. The van der Waals surface area contributed by atoms with E-state index >= 15 is 0 Å². The SMILES string of the molecule is O=C1C(=O)N(Cc2ccc(F)cc2)C(c2ccccn2)/C1=C(/O)c1ccc2c(c1)CCO2. The van der Waals surface area contributed by atoms with Crippen molar-refractivity contribution >= 4 is 17.4 Å². The van der Waals surface area contributed by atoms with E-state index in [1.165, 1.54) is 17.0 Å². The quantitative estimate of drug-likeness (QED) is 0.387. The van der Waals surface area contributed by atoms with E-state index in [1.54, 1.807) is 54.7 Å². The van der Waals surface area contributed by atoms with Crippen molar-refractivity contribution in [3.63, 3.8) is 0 Å². The fraction of sp³-hybridized carbons (Fsp3) is 0.160. The van der Waals surface area contributed by atoms with Crippen molar-refractivity contribution in [3.05, 3.63) is 101 Å².